The van der Waals surface area contributed by atoms with Crippen LogP contribution in [0.3, 0.4) is 0 Å². The van der Waals surface area contributed by atoms with Crippen molar-refractivity contribution in [2.75, 3.05) is 6.54 Å². The molecule has 0 unspecified atom stereocenters. The van der Waals surface area contributed by atoms with E-state index in [1.165, 1.54) is 0 Å². The zero-order valence-corrected chi connectivity index (χ0v) is 19.6. The predicted molar refractivity (Wildman–Crippen MR) is 125 cm³/mol. The monoisotopic (exact) mass is 498 g/mol. The molecule has 2 aromatic carbocycles. The molecule has 188 valence electrons. The summed E-state index contributed by atoms with van der Waals surface area (Å²) in [6, 6.07) is 15.1. The number of nitrogens with zero attached hydrogens (tertiary/aromatic N) is 4. The first-order chi connectivity index (χ1) is 17.2. The zero-order chi connectivity index (χ0) is 25.7. The van der Waals surface area contributed by atoms with E-state index < -0.39 is 18.0 Å². The number of rotatable bonds is 8. The fourth-order valence-electron chi connectivity index (χ4n) is 4.19. The van der Waals surface area contributed by atoms with Crippen LogP contribution >= 0.6 is 0 Å². The summed E-state index contributed by atoms with van der Waals surface area (Å²) in [5.74, 6) is 4.45. The van der Waals surface area contributed by atoms with E-state index in [-0.39, 0.29) is 18.9 Å². The van der Waals surface area contributed by atoms with Crippen LogP contribution in [-0.2, 0) is 37.2 Å². The van der Waals surface area contributed by atoms with Crippen LogP contribution in [0.4, 0.5) is 13.2 Å². The molecule has 0 spiro atoms. The lowest BCUT2D eigenvalue weighted by molar-refractivity contribution is -0.148. The van der Waals surface area contributed by atoms with Gasteiger partial charge in [0, 0.05) is 19.6 Å². The minimum Gasteiger partial charge on any atom is -0.489 e. The quantitative estimate of drug-likeness (QED) is 0.462. The number of aromatic nitrogens is 3. The topological polar surface area (TPSA) is 80.5 Å². The lowest BCUT2D eigenvalue weighted by atomic mass is 9.96. The third-order valence-corrected chi connectivity index (χ3v) is 5.87. The van der Waals surface area contributed by atoms with Gasteiger partial charge in [0.25, 0.3) is 0 Å². The van der Waals surface area contributed by atoms with Crippen LogP contribution in [0, 0.1) is 11.8 Å². The number of halogens is 3. The first-order valence-electron chi connectivity index (χ1n) is 11.4. The Morgan fingerprint density at radius 1 is 1.14 bits per heavy atom. The molecule has 1 aliphatic heterocycles. The molecule has 3 aromatic rings. The molecule has 2 heterocycles. The van der Waals surface area contributed by atoms with Crippen molar-refractivity contribution in [1.82, 2.24) is 19.7 Å². The zero-order valence-electron chi connectivity index (χ0n) is 19.6. The molecular formula is C26H25F3N4O3. The van der Waals surface area contributed by atoms with Gasteiger partial charge < -0.3 is 14.4 Å². The summed E-state index contributed by atoms with van der Waals surface area (Å²) in [6.45, 7) is 3.53. The molecule has 7 nitrogen and oxygen atoms in total. The number of hydrogen-bond acceptors (Lipinski definition) is 5. The lowest BCUT2D eigenvalue weighted by Crippen LogP contribution is -2.34. The number of aliphatic carboxylic acids is 1. The minimum absolute atomic E-state index is 0.0628. The van der Waals surface area contributed by atoms with Crippen molar-refractivity contribution >= 4 is 5.97 Å². The van der Waals surface area contributed by atoms with Crippen LogP contribution in [-0.4, -0.2) is 37.3 Å². The first kappa shape index (κ1) is 25.3. The Balaban J connectivity index is 1.34. The maximum Gasteiger partial charge on any atom is 0.451 e. The Labute approximate surface area is 206 Å². The Morgan fingerprint density at radius 2 is 1.89 bits per heavy atom. The van der Waals surface area contributed by atoms with E-state index in [1.54, 1.807) is 19.1 Å². The van der Waals surface area contributed by atoms with Gasteiger partial charge >= 0.3 is 12.1 Å². The van der Waals surface area contributed by atoms with E-state index in [0.717, 1.165) is 21.3 Å². The highest BCUT2D eigenvalue weighted by Gasteiger charge is 2.39. The number of carbonyl (C=O) groups is 1. The molecule has 1 N–H and O–H groups in total. The number of carboxylic acid groups (broad SMARTS) is 1. The number of ether oxygens (including phenoxy) is 1. The van der Waals surface area contributed by atoms with Gasteiger partial charge in [-0.25, -0.2) is 0 Å². The van der Waals surface area contributed by atoms with Crippen molar-refractivity contribution in [1.29, 1.82) is 0 Å². The van der Waals surface area contributed by atoms with Gasteiger partial charge in [-0.05, 0) is 35.7 Å². The van der Waals surface area contributed by atoms with Crippen molar-refractivity contribution in [3.63, 3.8) is 0 Å². The van der Waals surface area contributed by atoms with Gasteiger partial charge in [-0.1, -0.05) is 42.3 Å². The summed E-state index contributed by atoms with van der Waals surface area (Å²) in [4.78, 5) is 13.1. The molecule has 1 aromatic heterocycles. The highest BCUT2D eigenvalue weighted by molar-refractivity contribution is 5.69. The minimum atomic E-state index is -4.51. The van der Waals surface area contributed by atoms with Crippen molar-refractivity contribution in [3.05, 3.63) is 76.9 Å². The van der Waals surface area contributed by atoms with Crippen LogP contribution in [0.15, 0.2) is 48.5 Å². The van der Waals surface area contributed by atoms with Gasteiger partial charge in [-0.3, -0.25) is 9.69 Å². The normalized spacial score (nSPS) is 14.4. The molecular weight excluding hydrogens is 473 g/mol. The van der Waals surface area contributed by atoms with Crippen molar-refractivity contribution in [3.8, 4) is 17.6 Å². The highest BCUT2D eigenvalue weighted by atomic mass is 19.4. The molecule has 0 saturated carbocycles. The van der Waals surface area contributed by atoms with Crippen LogP contribution in [0.1, 0.15) is 47.6 Å². The van der Waals surface area contributed by atoms with Gasteiger partial charge in [-0.15, -0.1) is 16.1 Å². The van der Waals surface area contributed by atoms with E-state index in [0.29, 0.717) is 37.8 Å². The average molecular weight is 499 g/mol. The van der Waals surface area contributed by atoms with Crippen molar-refractivity contribution < 1.29 is 27.8 Å². The van der Waals surface area contributed by atoms with Gasteiger partial charge in [0.1, 0.15) is 18.2 Å². The summed E-state index contributed by atoms with van der Waals surface area (Å²) in [5.41, 5.74) is 2.79. The summed E-state index contributed by atoms with van der Waals surface area (Å²) < 4.78 is 46.2. The maximum absolute atomic E-state index is 13.0. The number of benzene rings is 2. The number of carboxylic acids is 1. The summed E-state index contributed by atoms with van der Waals surface area (Å²) >= 11 is 0. The van der Waals surface area contributed by atoms with Crippen LogP contribution in [0.2, 0.25) is 0 Å². The SMILES string of the molecule is CC#C[C@@H](CC(=O)O)c1ccc(OCc2cccc(CN3CCn4c(nnc4C(F)(F)F)C3)c2)cc1. The maximum atomic E-state index is 13.0. The van der Waals surface area contributed by atoms with Gasteiger partial charge in [0.15, 0.2) is 0 Å². The predicted octanol–water partition coefficient (Wildman–Crippen LogP) is 4.47. The third kappa shape index (κ3) is 6.23. The Bertz CT molecular complexity index is 1280. The Morgan fingerprint density at radius 3 is 2.58 bits per heavy atom. The number of alkyl halides is 3. The van der Waals surface area contributed by atoms with Crippen molar-refractivity contribution in [2.24, 2.45) is 0 Å². The first-order valence-corrected chi connectivity index (χ1v) is 11.4. The highest BCUT2D eigenvalue weighted by Crippen LogP contribution is 2.29. The molecule has 0 fully saturated rings. The van der Waals surface area contributed by atoms with E-state index >= 15 is 0 Å². The third-order valence-electron chi connectivity index (χ3n) is 5.87. The van der Waals surface area contributed by atoms with E-state index in [4.69, 9.17) is 9.84 Å². The van der Waals surface area contributed by atoms with Crippen molar-refractivity contribution in [2.45, 2.75) is 51.7 Å². The van der Waals surface area contributed by atoms with Crippen LogP contribution in [0.5, 0.6) is 5.75 Å². The number of fused-ring (bicyclic) bond motifs is 1. The standard InChI is InChI=1S/C26H25F3N4O3/c1-2-4-21(14-24(34)35)20-7-9-22(10-8-20)36-17-19-6-3-5-18(13-19)15-32-11-12-33-23(16-32)30-31-25(33)26(27,28)29/h3,5-10,13,21H,11-12,14-17H2,1H3,(H,34,35)/t21-/m0/s1. The lowest BCUT2D eigenvalue weighted by Gasteiger charge is -2.28. The second kappa shape index (κ2) is 10.8. The summed E-state index contributed by atoms with van der Waals surface area (Å²) in [5, 5.41) is 16.2. The molecule has 0 amide bonds. The molecule has 0 bridgehead atoms. The fraction of sp³-hybridized carbons (Fsp3) is 0.346. The molecule has 36 heavy (non-hydrogen) atoms. The summed E-state index contributed by atoms with van der Waals surface area (Å²) in [6.07, 6.45) is -4.57. The molecule has 1 aliphatic rings. The Kier molecular flexibility index (Phi) is 7.60. The molecule has 10 heteroatoms. The average Bonchev–Trinajstić information content (AvgIpc) is 3.27. The van der Waals surface area contributed by atoms with E-state index in [2.05, 4.69) is 22.0 Å². The molecule has 0 radical (unpaired) electrons. The smallest absolute Gasteiger partial charge is 0.451 e. The Hall–Kier alpha value is -3.84. The van der Waals surface area contributed by atoms with Crippen LogP contribution in [0.25, 0.3) is 0 Å². The molecule has 1 atom stereocenters. The fourth-order valence-corrected chi connectivity index (χ4v) is 4.19. The molecule has 0 saturated heterocycles. The van der Waals surface area contributed by atoms with Gasteiger partial charge in [0.05, 0.1) is 18.9 Å². The van der Waals surface area contributed by atoms with E-state index in [9.17, 15) is 18.0 Å². The molecule has 4 rings (SSSR count). The van der Waals surface area contributed by atoms with Gasteiger partial charge in [0.2, 0.25) is 5.82 Å². The van der Waals surface area contributed by atoms with Crippen LogP contribution < -0.4 is 4.74 Å². The second-order valence-electron chi connectivity index (χ2n) is 8.52. The second-order valence-corrected chi connectivity index (χ2v) is 8.52. The molecule has 0 aliphatic carbocycles. The number of hydrogen-bond donors (Lipinski definition) is 1. The van der Waals surface area contributed by atoms with Gasteiger partial charge in [-0.2, -0.15) is 13.2 Å². The largest absolute Gasteiger partial charge is 0.489 e. The van der Waals surface area contributed by atoms with E-state index in [1.807, 2.05) is 41.3 Å². The summed E-state index contributed by atoms with van der Waals surface area (Å²) in [7, 11) is 0.